The molecule has 2 aliphatic heterocycles. The molecule has 0 bridgehead atoms. The first-order valence-corrected chi connectivity index (χ1v) is 16.3. The summed E-state index contributed by atoms with van der Waals surface area (Å²) in [6, 6.07) is 11.9. The van der Waals surface area contributed by atoms with Gasteiger partial charge in [-0.05, 0) is 68.0 Å². The van der Waals surface area contributed by atoms with Crippen LogP contribution in [0.1, 0.15) is 79.2 Å². The Balaban J connectivity index is 1.29. The van der Waals surface area contributed by atoms with Crippen molar-refractivity contribution in [3.63, 3.8) is 0 Å². The van der Waals surface area contributed by atoms with Gasteiger partial charge >= 0.3 is 0 Å². The molecule has 5 heterocycles. The van der Waals surface area contributed by atoms with Crippen molar-refractivity contribution in [3.05, 3.63) is 70.8 Å². The van der Waals surface area contributed by atoms with Gasteiger partial charge < -0.3 is 19.4 Å². The predicted octanol–water partition coefficient (Wildman–Crippen LogP) is 5.60. The number of fused-ring (bicyclic) bond motifs is 1. The highest BCUT2D eigenvalue weighted by molar-refractivity contribution is 6.06. The number of aryl methyl sites for hydroxylation is 1. The molecule has 4 aromatic rings. The molecule has 2 fully saturated rings. The van der Waals surface area contributed by atoms with Gasteiger partial charge in [-0.2, -0.15) is 5.26 Å². The van der Waals surface area contributed by atoms with E-state index in [9.17, 15) is 10.1 Å². The zero-order chi connectivity index (χ0) is 32.9. The number of rotatable bonds is 8. The van der Waals surface area contributed by atoms with Crippen molar-refractivity contribution in [3.8, 4) is 34.5 Å². The molecule has 1 aromatic carbocycles. The van der Waals surface area contributed by atoms with Crippen LogP contribution in [0.2, 0.25) is 0 Å². The van der Waals surface area contributed by atoms with Gasteiger partial charge in [-0.15, -0.1) is 10.2 Å². The summed E-state index contributed by atoms with van der Waals surface area (Å²) in [7, 11) is 3.52. The summed E-state index contributed by atoms with van der Waals surface area (Å²) in [5.41, 5.74) is 4.98. The zero-order valence-electron chi connectivity index (χ0n) is 27.6. The smallest absolute Gasteiger partial charge is 0.260 e. The SMILES string of the molecule is COC1(c2cc(-c3ncc(C#N)cc3-c3nncn3C)cc(NC(=O)c3cc(CN4CCC[C@H](C)C4)cc4c3OCC4(C)C)n2)CC1. The van der Waals surface area contributed by atoms with Crippen LogP contribution in [-0.4, -0.2) is 62.3 Å². The lowest BCUT2D eigenvalue weighted by Crippen LogP contribution is -2.33. The number of amides is 1. The Kier molecular flexibility index (Phi) is 7.81. The first-order chi connectivity index (χ1) is 22.6. The lowest BCUT2D eigenvalue weighted by molar-refractivity contribution is 0.0753. The number of nitrogens with zero attached hydrogens (tertiary/aromatic N) is 7. The lowest BCUT2D eigenvalue weighted by Gasteiger charge is -2.31. The third-order valence-electron chi connectivity index (χ3n) is 9.72. The van der Waals surface area contributed by atoms with Crippen LogP contribution in [0.5, 0.6) is 5.75 Å². The molecule has 47 heavy (non-hydrogen) atoms. The number of piperidine rings is 1. The Hall–Kier alpha value is -4.66. The number of aromatic nitrogens is 5. The fourth-order valence-corrected chi connectivity index (χ4v) is 6.91. The maximum atomic E-state index is 14.2. The van der Waals surface area contributed by atoms with Crippen molar-refractivity contribution in [1.29, 1.82) is 5.26 Å². The first-order valence-electron chi connectivity index (χ1n) is 16.3. The Labute approximate surface area is 275 Å². The number of carbonyl (C=O) groups is 1. The van der Waals surface area contributed by atoms with E-state index < -0.39 is 5.60 Å². The highest BCUT2D eigenvalue weighted by Crippen LogP contribution is 2.49. The average molecular weight is 633 g/mol. The minimum atomic E-state index is -0.535. The highest BCUT2D eigenvalue weighted by Gasteiger charge is 2.47. The van der Waals surface area contributed by atoms with E-state index in [4.69, 9.17) is 19.4 Å². The molecule has 1 atom stereocenters. The zero-order valence-corrected chi connectivity index (χ0v) is 27.6. The van der Waals surface area contributed by atoms with E-state index in [1.807, 2.05) is 25.2 Å². The largest absolute Gasteiger partial charge is 0.492 e. The summed E-state index contributed by atoms with van der Waals surface area (Å²) in [5.74, 6) is 1.95. The highest BCUT2D eigenvalue weighted by atomic mass is 16.5. The second kappa shape index (κ2) is 11.9. The fraction of sp³-hybridized carbons (Fsp3) is 0.444. The minimum absolute atomic E-state index is 0.213. The van der Waals surface area contributed by atoms with E-state index in [1.54, 1.807) is 24.1 Å². The van der Waals surface area contributed by atoms with Crippen molar-refractivity contribution in [2.24, 2.45) is 13.0 Å². The number of ether oxygens (including phenoxy) is 2. The Morgan fingerprint density at radius 1 is 1.21 bits per heavy atom. The summed E-state index contributed by atoms with van der Waals surface area (Å²) < 4.78 is 13.9. The van der Waals surface area contributed by atoms with Gasteiger partial charge in [-0.3, -0.25) is 14.7 Å². The number of nitriles is 1. The van der Waals surface area contributed by atoms with Gasteiger partial charge in [0.05, 0.1) is 29.1 Å². The maximum Gasteiger partial charge on any atom is 0.260 e. The number of pyridine rings is 2. The molecule has 1 N–H and O–H groups in total. The van der Waals surface area contributed by atoms with E-state index in [0.717, 1.165) is 43.6 Å². The van der Waals surface area contributed by atoms with E-state index in [-0.39, 0.29) is 11.3 Å². The van der Waals surface area contributed by atoms with Gasteiger partial charge in [-0.1, -0.05) is 26.8 Å². The Bertz CT molecular complexity index is 1900. The average Bonchev–Trinajstić information content (AvgIpc) is 3.66. The third-order valence-corrected chi connectivity index (χ3v) is 9.72. The molecule has 11 nitrogen and oxygen atoms in total. The van der Waals surface area contributed by atoms with Crippen molar-refractivity contribution in [1.82, 2.24) is 29.6 Å². The minimum Gasteiger partial charge on any atom is -0.492 e. The van der Waals surface area contributed by atoms with E-state index in [2.05, 4.69) is 53.3 Å². The normalized spacial score (nSPS) is 19.4. The number of methoxy groups -OCH3 is 1. The van der Waals surface area contributed by atoms with Crippen LogP contribution in [0.3, 0.4) is 0 Å². The molecule has 3 aliphatic rings. The molecular formula is C36H40N8O3. The maximum absolute atomic E-state index is 14.2. The van der Waals surface area contributed by atoms with Gasteiger partial charge in [-0.25, -0.2) is 4.98 Å². The molecule has 0 spiro atoms. The quantitative estimate of drug-likeness (QED) is 0.264. The van der Waals surface area contributed by atoms with Crippen LogP contribution in [0.15, 0.2) is 42.9 Å². The van der Waals surface area contributed by atoms with E-state index in [0.29, 0.717) is 63.6 Å². The van der Waals surface area contributed by atoms with Crippen LogP contribution in [0.4, 0.5) is 5.82 Å². The predicted molar refractivity (Wildman–Crippen MR) is 177 cm³/mol. The number of benzene rings is 1. The van der Waals surface area contributed by atoms with E-state index in [1.165, 1.54) is 19.0 Å². The van der Waals surface area contributed by atoms with Gasteiger partial charge in [0.1, 0.15) is 29.6 Å². The summed E-state index contributed by atoms with van der Waals surface area (Å²) in [6.45, 7) is 10.0. The number of nitrogens with one attached hydrogen (secondary N) is 1. The molecular weight excluding hydrogens is 592 g/mol. The van der Waals surface area contributed by atoms with Crippen molar-refractivity contribution in [2.45, 2.75) is 64.0 Å². The standard InChI is InChI=1S/C36H40N8O3/c1-22-7-6-10-44(18-22)19-23-11-27(32-28(13-23)35(2,3)20-47-32)34(45)41-30-15-25(14-29(40-30)36(46-5)8-9-36)31-26(12-24(16-37)17-38-31)33-42-39-21-43(33)4/h11-15,17,21-22H,6-10,18-20H2,1-5H3,(H,40,41,45)/t22-/m0/s1. The van der Waals surface area contributed by atoms with Crippen LogP contribution < -0.4 is 10.1 Å². The summed E-state index contributed by atoms with van der Waals surface area (Å²) in [6.07, 6.45) is 7.22. The first kappa shape index (κ1) is 31.0. The molecule has 242 valence electrons. The lowest BCUT2D eigenvalue weighted by atomic mass is 9.84. The van der Waals surface area contributed by atoms with Crippen LogP contribution >= 0.6 is 0 Å². The molecule has 1 amide bonds. The molecule has 0 radical (unpaired) electrons. The Morgan fingerprint density at radius 2 is 2.04 bits per heavy atom. The monoisotopic (exact) mass is 632 g/mol. The van der Waals surface area contributed by atoms with E-state index >= 15 is 0 Å². The Morgan fingerprint density at radius 3 is 2.74 bits per heavy atom. The van der Waals surface area contributed by atoms with Gasteiger partial charge in [0, 0.05) is 55.5 Å². The molecule has 3 aromatic heterocycles. The molecule has 0 unspecified atom stereocenters. The number of hydrogen-bond acceptors (Lipinski definition) is 9. The van der Waals surface area contributed by atoms with Crippen molar-refractivity contribution in [2.75, 3.05) is 32.1 Å². The van der Waals surface area contributed by atoms with Crippen LogP contribution in [-0.2, 0) is 29.3 Å². The second-order valence-electron chi connectivity index (χ2n) is 14.0. The molecule has 7 rings (SSSR count). The molecule has 1 aliphatic carbocycles. The number of likely N-dealkylation sites (tertiary alicyclic amines) is 1. The summed E-state index contributed by atoms with van der Waals surface area (Å²) >= 11 is 0. The molecule has 1 saturated carbocycles. The molecule has 11 heteroatoms. The van der Waals surface area contributed by atoms with Crippen LogP contribution in [0.25, 0.3) is 22.6 Å². The van der Waals surface area contributed by atoms with Crippen LogP contribution in [0, 0.1) is 17.2 Å². The summed E-state index contributed by atoms with van der Waals surface area (Å²) in [4.78, 5) is 26.3. The fourth-order valence-electron chi connectivity index (χ4n) is 6.91. The number of hydrogen-bond donors (Lipinski definition) is 1. The van der Waals surface area contributed by atoms with Crippen molar-refractivity contribution < 1.29 is 14.3 Å². The number of carbonyl (C=O) groups excluding carboxylic acids is 1. The van der Waals surface area contributed by atoms with Gasteiger partial charge in [0.15, 0.2) is 5.82 Å². The topological polar surface area (TPSA) is 131 Å². The summed E-state index contributed by atoms with van der Waals surface area (Å²) in [5, 5.41) is 21.1. The number of anilines is 1. The van der Waals surface area contributed by atoms with Gasteiger partial charge in [0.25, 0.3) is 5.91 Å². The van der Waals surface area contributed by atoms with Gasteiger partial charge in [0.2, 0.25) is 0 Å². The van der Waals surface area contributed by atoms with Crippen molar-refractivity contribution >= 4 is 11.7 Å². The third kappa shape index (κ3) is 5.88. The second-order valence-corrected chi connectivity index (χ2v) is 14.0. The molecule has 1 saturated heterocycles.